The van der Waals surface area contributed by atoms with Gasteiger partial charge >= 0.3 is 0 Å². The lowest BCUT2D eigenvalue weighted by Gasteiger charge is -2.33. The minimum absolute atomic E-state index is 0.0437. The van der Waals surface area contributed by atoms with Gasteiger partial charge in [0.15, 0.2) is 0 Å². The zero-order chi connectivity index (χ0) is 21.6. The number of hydrogen-bond acceptors (Lipinski definition) is 4. The van der Waals surface area contributed by atoms with Crippen LogP contribution in [-0.2, 0) is 9.59 Å². The molecule has 1 aliphatic rings. The fourth-order valence-corrected chi connectivity index (χ4v) is 3.71. The molecule has 1 fully saturated rings. The van der Waals surface area contributed by atoms with Gasteiger partial charge in [0, 0.05) is 37.6 Å². The Morgan fingerprint density at radius 3 is 1.84 bits per heavy atom. The Morgan fingerprint density at radius 1 is 0.710 bits per heavy atom. The molecule has 0 aromatic heterocycles. The van der Waals surface area contributed by atoms with Crippen molar-refractivity contribution in [1.82, 2.24) is 9.80 Å². The maximum absolute atomic E-state index is 13.0. The molecule has 6 nitrogen and oxygen atoms in total. The van der Waals surface area contributed by atoms with E-state index in [1.165, 1.54) is 12.1 Å². The van der Waals surface area contributed by atoms with Crippen LogP contribution in [0.2, 0.25) is 0 Å². The molecule has 0 aliphatic carbocycles. The number of benzene rings is 3. The summed E-state index contributed by atoms with van der Waals surface area (Å²) in [5, 5.41) is 7.98. The van der Waals surface area contributed by atoms with Gasteiger partial charge in [-0.1, -0.05) is 30.3 Å². The number of piperazine rings is 1. The molecule has 3 aromatic carbocycles. The van der Waals surface area contributed by atoms with E-state index in [1.54, 1.807) is 12.1 Å². The third-order valence-electron chi connectivity index (χ3n) is 5.36. The fraction of sp³-hybridized carbons (Fsp3) is 0.250. The molecule has 1 aliphatic heterocycles. The first kappa shape index (κ1) is 21.0. The summed E-state index contributed by atoms with van der Waals surface area (Å²) >= 11 is 0. The molecule has 7 heteroatoms. The summed E-state index contributed by atoms with van der Waals surface area (Å²) in [7, 11) is 0. The molecule has 0 saturated carbocycles. The average molecular weight is 420 g/mol. The normalized spacial score (nSPS) is 15.0. The SMILES string of the molecule is O=C(CN1CCN(CC(=O)Nc2ccc3ccccc3c2)CC1)Nc1ccc(F)cc1. The van der Waals surface area contributed by atoms with Crippen molar-refractivity contribution in [2.75, 3.05) is 49.9 Å². The second-order valence-corrected chi connectivity index (χ2v) is 7.72. The maximum atomic E-state index is 13.0. The van der Waals surface area contributed by atoms with E-state index in [-0.39, 0.29) is 24.2 Å². The van der Waals surface area contributed by atoms with Crippen LogP contribution in [0.5, 0.6) is 0 Å². The fourth-order valence-electron chi connectivity index (χ4n) is 3.71. The molecule has 3 aromatic rings. The van der Waals surface area contributed by atoms with Gasteiger partial charge in [-0.25, -0.2) is 4.39 Å². The standard InChI is InChI=1S/C24H25FN4O2/c25-20-6-9-21(10-7-20)26-23(30)16-28-11-13-29(14-12-28)17-24(31)27-22-8-5-18-3-1-2-4-19(18)15-22/h1-10,15H,11-14,16-17H2,(H,26,30)(H,27,31). The van der Waals surface area contributed by atoms with Crippen LogP contribution in [0.1, 0.15) is 0 Å². The smallest absolute Gasteiger partial charge is 0.238 e. The van der Waals surface area contributed by atoms with Gasteiger partial charge in [0.1, 0.15) is 5.82 Å². The number of amides is 2. The van der Waals surface area contributed by atoms with E-state index < -0.39 is 0 Å². The average Bonchev–Trinajstić information content (AvgIpc) is 2.76. The van der Waals surface area contributed by atoms with Gasteiger partial charge in [0.2, 0.25) is 11.8 Å². The molecule has 4 rings (SSSR count). The van der Waals surface area contributed by atoms with Gasteiger partial charge in [0.05, 0.1) is 13.1 Å². The summed E-state index contributed by atoms with van der Waals surface area (Å²) < 4.78 is 13.0. The Labute approximate surface area is 180 Å². The Kier molecular flexibility index (Phi) is 6.54. The lowest BCUT2D eigenvalue weighted by Crippen LogP contribution is -2.50. The van der Waals surface area contributed by atoms with E-state index in [1.807, 2.05) is 42.5 Å². The lowest BCUT2D eigenvalue weighted by atomic mass is 10.1. The molecule has 0 atom stereocenters. The summed E-state index contributed by atoms with van der Waals surface area (Å²) in [6.07, 6.45) is 0. The zero-order valence-corrected chi connectivity index (χ0v) is 17.2. The van der Waals surface area contributed by atoms with Crippen molar-refractivity contribution in [2.24, 2.45) is 0 Å². The van der Waals surface area contributed by atoms with E-state index in [2.05, 4.69) is 20.4 Å². The summed E-state index contributed by atoms with van der Waals surface area (Å²) in [6.45, 7) is 3.45. The maximum Gasteiger partial charge on any atom is 0.238 e. The van der Waals surface area contributed by atoms with Crippen molar-refractivity contribution >= 4 is 34.0 Å². The van der Waals surface area contributed by atoms with Crippen molar-refractivity contribution in [3.05, 3.63) is 72.5 Å². The molecule has 160 valence electrons. The highest BCUT2D eigenvalue weighted by Gasteiger charge is 2.20. The Morgan fingerprint density at radius 2 is 1.23 bits per heavy atom. The first-order valence-corrected chi connectivity index (χ1v) is 10.3. The predicted octanol–water partition coefficient (Wildman–Crippen LogP) is 3.17. The zero-order valence-electron chi connectivity index (χ0n) is 17.2. The number of nitrogens with zero attached hydrogens (tertiary/aromatic N) is 2. The monoisotopic (exact) mass is 420 g/mol. The number of fused-ring (bicyclic) bond motifs is 1. The molecule has 2 amide bonds. The van der Waals surface area contributed by atoms with Crippen LogP contribution in [0.25, 0.3) is 10.8 Å². The third kappa shape index (κ3) is 5.87. The van der Waals surface area contributed by atoms with Crippen LogP contribution in [0, 0.1) is 5.82 Å². The number of rotatable bonds is 6. The lowest BCUT2D eigenvalue weighted by molar-refractivity contribution is -0.120. The number of hydrogen-bond donors (Lipinski definition) is 2. The quantitative estimate of drug-likeness (QED) is 0.643. The largest absolute Gasteiger partial charge is 0.325 e. The molecule has 0 unspecified atom stereocenters. The summed E-state index contributed by atoms with van der Waals surface area (Å²) in [5.74, 6) is -0.509. The van der Waals surface area contributed by atoms with Crippen molar-refractivity contribution < 1.29 is 14.0 Å². The summed E-state index contributed by atoms with van der Waals surface area (Å²) in [6, 6.07) is 19.6. The minimum atomic E-state index is -0.334. The van der Waals surface area contributed by atoms with Crippen molar-refractivity contribution in [3.8, 4) is 0 Å². The molecule has 0 spiro atoms. The number of halogens is 1. The molecule has 1 saturated heterocycles. The summed E-state index contributed by atoms with van der Waals surface area (Å²) in [4.78, 5) is 28.8. The molecule has 0 radical (unpaired) electrons. The predicted molar refractivity (Wildman–Crippen MR) is 120 cm³/mol. The van der Waals surface area contributed by atoms with E-state index in [0.29, 0.717) is 25.3 Å². The highest BCUT2D eigenvalue weighted by molar-refractivity contribution is 5.95. The van der Waals surface area contributed by atoms with Gasteiger partial charge in [-0.2, -0.15) is 0 Å². The molecule has 2 N–H and O–H groups in total. The van der Waals surface area contributed by atoms with E-state index in [4.69, 9.17) is 0 Å². The molecule has 0 bridgehead atoms. The summed E-state index contributed by atoms with van der Waals surface area (Å²) in [5.41, 5.74) is 1.37. The molecule has 31 heavy (non-hydrogen) atoms. The second-order valence-electron chi connectivity index (χ2n) is 7.72. The van der Waals surface area contributed by atoms with Crippen LogP contribution >= 0.6 is 0 Å². The van der Waals surface area contributed by atoms with Gasteiger partial charge in [-0.15, -0.1) is 0 Å². The molecular weight excluding hydrogens is 395 g/mol. The van der Waals surface area contributed by atoms with Gasteiger partial charge in [0.25, 0.3) is 0 Å². The van der Waals surface area contributed by atoms with Gasteiger partial charge < -0.3 is 10.6 Å². The van der Waals surface area contributed by atoms with E-state index in [9.17, 15) is 14.0 Å². The van der Waals surface area contributed by atoms with Gasteiger partial charge in [-0.3, -0.25) is 19.4 Å². The van der Waals surface area contributed by atoms with Crippen molar-refractivity contribution in [3.63, 3.8) is 0 Å². The number of nitrogens with one attached hydrogen (secondary N) is 2. The Balaban J connectivity index is 1.20. The number of anilines is 2. The first-order valence-electron chi connectivity index (χ1n) is 10.3. The van der Waals surface area contributed by atoms with Crippen LogP contribution < -0.4 is 10.6 Å². The van der Waals surface area contributed by atoms with Crippen molar-refractivity contribution in [2.45, 2.75) is 0 Å². The van der Waals surface area contributed by atoms with Crippen LogP contribution in [0.3, 0.4) is 0 Å². The third-order valence-corrected chi connectivity index (χ3v) is 5.36. The van der Waals surface area contributed by atoms with Crippen LogP contribution in [0.15, 0.2) is 66.7 Å². The van der Waals surface area contributed by atoms with E-state index in [0.717, 1.165) is 29.5 Å². The topological polar surface area (TPSA) is 64.7 Å². The highest BCUT2D eigenvalue weighted by Crippen LogP contribution is 2.19. The second kappa shape index (κ2) is 9.68. The Bertz CT molecular complexity index is 1060. The molecule has 1 heterocycles. The van der Waals surface area contributed by atoms with Crippen LogP contribution in [0.4, 0.5) is 15.8 Å². The first-order chi connectivity index (χ1) is 15.0. The van der Waals surface area contributed by atoms with E-state index >= 15 is 0 Å². The molecular formula is C24H25FN4O2. The minimum Gasteiger partial charge on any atom is -0.325 e. The number of carbonyl (C=O) groups is 2. The highest BCUT2D eigenvalue weighted by atomic mass is 19.1. The van der Waals surface area contributed by atoms with Crippen LogP contribution in [-0.4, -0.2) is 60.9 Å². The Hall–Kier alpha value is -3.29. The van der Waals surface area contributed by atoms with Crippen molar-refractivity contribution in [1.29, 1.82) is 0 Å². The van der Waals surface area contributed by atoms with Gasteiger partial charge in [-0.05, 0) is 47.2 Å². The number of carbonyl (C=O) groups excluding carboxylic acids is 2.